The van der Waals surface area contributed by atoms with E-state index in [-0.39, 0.29) is 18.0 Å². The van der Waals surface area contributed by atoms with E-state index in [4.69, 9.17) is 9.47 Å². The molecule has 1 amide bonds. The van der Waals surface area contributed by atoms with Gasteiger partial charge in [-0.2, -0.15) is 0 Å². The van der Waals surface area contributed by atoms with Gasteiger partial charge in [0, 0.05) is 37.4 Å². The lowest BCUT2D eigenvalue weighted by Crippen LogP contribution is -2.41. The van der Waals surface area contributed by atoms with E-state index in [9.17, 15) is 9.59 Å². The lowest BCUT2D eigenvalue weighted by molar-refractivity contribution is -0.136. The Bertz CT molecular complexity index is 688. The van der Waals surface area contributed by atoms with Crippen LogP contribution in [0.5, 0.6) is 0 Å². The third kappa shape index (κ3) is 4.41. The largest absolute Gasteiger partial charge is 0.350 e. The number of hydrogen-bond donors (Lipinski definition) is 0. The van der Waals surface area contributed by atoms with Crippen molar-refractivity contribution < 1.29 is 19.1 Å². The molecule has 0 spiro atoms. The van der Waals surface area contributed by atoms with Crippen molar-refractivity contribution in [3.05, 3.63) is 34.9 Å². The molecule has 146 valence electrons. The van der Waals surface area contributed by atoms with E-state index in [1.165, 1.54) is 24.0 Å². The summed E-state index contributed by atoms with van der Waals surface area (Å²) in [7, 11) is 0. The third-order valence-electron chi connectivity index (χ3n) is 6.16. The van der Waals surface area contributed by atoms with Gasteiger partial charge in [-0.15, -0.1) is 0 Å². The Morgan fingerprint density at radius 2 is 1.67 bits per heavy atom. The van der Waals surface area contributed by atoms with Gasteiger partial charge in [0.2, 0.25) is 5.91 Å². The molecular weight excluding hydrogens is 342 g/mol. The van der Waals surface area contributed by atoms with Gasteiger partial charge >= 0.3 is 0 Å². The van der Waals surface area contributed by atoms with Gasteiger partial charge in [0.1, 0.15) is 0 Å². The van der Waals surface area contributed by atoms with Gasteiger partial charge < -0.3 is 14.4 Å². The first-order valence-corrected chi connectivity index (χ1v) is 10.4. The number of aryl methyl sites for hydroxylation is 2. The standard InChI is InChI=1S/C22H29NO4/c24-20(19-6-5-16-3-1-2-4-18(16)15-19)7-8-21(25)23-11-9-17(10-12-23)22-26-13-14-27-22/h5-6,15,17,22H,1-4,7-14H2. The molecule has 0 atom stereocenters. The molecule has 0 N–H and O–H groups in total. The summed E-state index contributed by atoms with van der Waals surface area (Å²) >= 11 is 0. The van der Waals surface area contributed by atoms with E-state index >= 15 is 0 Å². The number of rotatable bonds is 5. The number of amides is 1. The molecule has 0 radical (unpaired) electrons. The molecule has 27 heavy (non-hydrogen) atoms. The first-order chi connectivity index (χ1) is 13.2. The number of ether oxygens (including phenoxy) is 2. The predicted molar refractivity (Wildman–Crippen MR) is 102 cm³/mol. The monoisotopic (exact) mass is 371 g/mol. The van der Waals surface area contributed by atoms with Crippen LogP contribution in [0.2, 0.25) is 0 Å². The molecular formula is C22H29NO4. The summed E-state index contributed by atoms with van der Waals surface area (Å²) in [5.41, 5.74) is 3.46. The van der Waals surface area contributed by atoms with Crippen LogP contribution in [-0.4, -0.2) is 49.2 Å². The molecule has 1 aromatic carbocycles. The van der Waals surface area contributed by atoms with Crippen LogP contribution >= 0.6 is 0 Å². The molecule has 0 bridgehead atoms. The van der Waals surface area contributed by atoms with E-state index in [1.54, 1.807) is 0 Å². The molecule has 0 saturated carbocycles. The molecule has 0 aromatic heterocycles. The highest BCUT2D eigenvalue weighted by atomic mass is 16.7. The molecule has 3 aliphatic rings. The van der Waals surface area contributed by atoms with Crippen molar-refractivity contribution in [2.75, 3.05) is 26.3 Å². The van der Waals surface area contributed by atoms with Crippen molar-refractivity contribution in [2.24, 2.45) is 5.92 Å². The molecule has 1 aliphatic carbocycles. The van der Waals surface area contributed by atoms with Gasteiger partial charge in [0.05, 0.1) is 13.2 Å². The van der Waals surface area contributed by atoms with Gasteiger partial charge in [-0.1, -0.05) is 12.1 Å². The number of benzene rings is 1. The fraction of sp³-hybridized carbons (Fsp3) is 0.636. The minimum Gasteiger partial charge on any atom is -0.350 e. The van der Waals surface area contributed by atoms with Crippen molar-refractivity contribution in [1.29, 1.82) is 0 Å². The van der Waals surface area contributed by atoms with Crippen LogP contribution in [0.4, 0.5) is 0 Å². The second-order valence-electron chi connectivity index (χ2n) is 7.94. The van der Waals surface area contributed by atoms with E-state index in [2.05, 4.69) is 6.07 Å². The lowest BCUT2D eigenvalue weighted by atomic mass is 9.89. The number of likely N-dealkylation sites (tertiary alicyclic amines) is 1. The van der Waals surface area contributed by atoms with Crippen LogP contribution in [0.15, 0.2) is 18.2 Å². The van der Waals surface area contributed by atoms with Crippen LogP contribution in [0.1, 0.15) is 60.0 Å². The molecule has 2 saturated heterocycles. The van der Waals surface area contributed by atoms with Gasteiger partial charge in [-0.3, -0.25) is 9.59 Å². The third-order valence-corrected chi connectivity index (χ3v) is 6.16. The summed E-state index contributed by atoms with van der Waals surface area (Å²) in [5.74, 6) is 0.557. The van der Waals surface area contributed by atoms with E-state index in [0.29, 0.717) is 32.0 Å². The number of carbonyl (C=O) groups excluding carboxylic acids is 2. The van der Waals surface area contributed by atoms with Gasteiger partial charge in [-0.05, 0) is 55.7 Å². The maximum atomic E-state index is 12.5. The first kappa shape index (κ1) is 18.6. The zero-order valence-corrected chi connectivity index (χ0v) is 16.0. The van der Waals surface area contributed by atoms with Gasteiger partial charge in [0.15, 0.2) is 12.1 Å². The molecule has 2 heterocycles. The minimum absolute atomic E-state index is 0.0827. The Morgan fingerprint density at radius 1 is 0.963 bits per heavy atom. The van der Waals surface area contributed by atoms with Crippen LogP contribution in [0.25, 0.3) is 0 Å². The van der Waals surface area contributed by atoms with E-state index < -0.39 is 0 Å². The summed E-state index contributed by atoms with van der Waals surface area (Å²) in [6, 6.07) is 6.08. The highest BCUT2D eigenvalue weighted by molar-refractivity contribution is 5.98. The molecule has 2 fully saturated rings. The molecule has 1 aromatic rings. The fourth-order valence-electron chi connectivity index (χ4n) is 4.50. The Morgan fingerprint density at radius 3 is 2.41 bits per heavy atom. The quantitative estimate of drug-likeness (QED) is 0.746. The smallest absolute Gasteiger partial charge is 0.223 e. The summed E-state index contributed by atoms with van der Waals surface area (Å²) in [5, 5.41) is 0. The SMILES string of the molecule is O=C(CCC(=O)N1CCC(C2OCCO2)CC1)c1ccc2c(c1)CCCC2. The predicted octanol–water partition coefficient (Wildman–Crippen LogP) is 3.14. The Kier molecular flexibility index (Phi) is 5.89. The number of hydrogen-bond acceptors (Lipinski definition) is 4. The normalized spacial score (nSPS) is 21.3. The fourth-order valence-corrected chi connectivity index (χ4v) is 4.50. The molecule has 5 heteroatoms. The van der Waals surface area contributed by atoms with E-state index in [1.807, 2.05) is 17.0 Å². The lowest BCUT2D eigenvalue weighted by Gasteiger charge is -2.33. The second kappa shape index (κ2) is 8.53. The topological polar surface area (TPSA) is 55.8 Å². The number of nitrogens with zero attached hydrogens (tertiary/aromatic N) is 1. The number of ketones is 1. The zero-order valence-electron chi connectivity index (χ0n) is 16.0. The van der Waals surface area contributed by atoms with Crippen LogP contribution < -0.4 is 0 Å². The molecule has 4 rings (SSSR count). The van der Waals surface area contributed by atoms with Crippen molar-refractivity contribution >= 4 is 11.7 Å². The van der Waals surface area contributed by atoms with Crippen molar-refractivity contribution in [3.8, 4) is 0 Å². The Hall–Kier alpha value is -1.72. The molecule has 2 aliphatic heterocycles. The second-order valence-corrected chi connectivity index (χ2v) is 7.94. The Labute approximate surface area is 161 Å². The van der Waals surface area contributed by atoms with Crippen LogP contribution in [-0.2, 0) is 27.1 Å². The summed E-state index contributed by atoms with van der Waals surface area (Å²) < 4.78 is 11.2. The molecule has 0 unspecified atom stereocenters. The summed E-state index contributed by atoms with van der Waals surface area (Å²) in [6.45, 7) is 2.82. The van der Waals surface area contributed by atoms with Gasteiger partial charge in [-0.25, -0.2) is 0 Å². The number of Topliss-reactive ketones (excluding diaryl/α,β-unsaturated/α-hetero) is 1. The minimum atomic E-state index is -0.0900. The highest BCUT2D eigenvalue weighted by Gasteiger charge is 2.31. The number of piperidine rings is 1. The van der Waals surface area contributed by atoms with Crippen molar-refractivity contribution in [2.45, 2.75) is 57.7 Å². The maximum absolute atomic E-state index is 12.5. The van der Waals surface area contributed by atoms with Crippen molar-refractivity contribution in [1.82, 2.24) is 4.90 Å². The number of fused-ring (bicyclic) bond motifs is 1. The zero-order chi connectivity index (χ0) is 18.6. The Balaban J connectivity index is 1.25. The van der Waals surface area contributed by atoms with Crippen LogP contribution in [0.3, 0.4) is 0 Å². The summed E-state index contributed by atoms with van der Waals surface area (Å²) in [6.07, 6.45) is 6.97. The molecule has 5 nitrogen and oxygen atoms in total. The summed E-state index contributed by atoms with van der Waals surface area (Å²) in [4.78, 5) is 26.9. The first-order valence-electron chi connectivity index (χ1n) is 10.4. The highest BCUT2D eigenvalue weighted by Crippen LogP contribution is 2.26. The average Bonchev–Trinajstić information content (AvgIpc) is 3.26. The van der Waals surface area contributed by atoms with Crippen LogP contribution in [0, 0.1) is 5.92 Å². The maximum Gasteiger partial charge on any atom is 0.223 e. The number of carbonyl (C=O) groups is 2. The van der Waals surface area contributed by atoms with Crippen molar-refractivity contribution in [3.63, 3.8) is 0 Å². The van der Waals surface area contributed by atoms with E-state index in [0.717, 1.165) is 44.3 Å². The average molecular weight is 371 g/mol. The van der Waals surface area contributed by atoms with Gasteiger partial charge in [0.25, 0.3) is 0 Å².